The van der Waals surface area contributed by atoms with Crippen molar-refractivity contribution in [1.29, 1.82) is 0 Å². The molecule has 1 aromatic heterocycles. The zero-order valence-electron chi connectivity index (χ0n) is 16.0. The maximum absolute atomic E-state index is 12.9. The van der Waals surface area contributed by atoms with Crippen LogP contribution in [0.4, 0.5) is 0 Å². The number of benzene rings is 1. The largest absolute Gasteiger partial charge is 0.338 e. The van der Waals surface area contributed by atoms with E-state index < -0.39 is 0 Å². The molecule has 2 atom stereocenters. The summed E-state index contributed by atoms with van der Waals surface area (Å²) in [7, 11) is 0. The number of thioether (sulfide) groups is 1. The summed E-state index contributed by atoms with van der Waals surface area (Å²) in [5.74, 6) is 1.33. The Labute approximate surface area is 172 Å². The number of rotatable bonds is 4. The average molecular weight is 449 g/mol. The minimum Gasteiger partial charge on any atom is -0.338 e. The van der Waals surface area contributed by atoms with E-state index in [1.807, 2.05) is 24.3 Å². The normalized spacial score (nSPS) is 26.4. The topological polar surface area (TPSA) is 61.9 Å². The minimum absolute atomic E-state index is 0.210. The first-order valence-electron chi connectivity index (χ1n) is 9.34. The van der Waals surface area contributed by atoms with E-state index in [2.05, 4.69) is 56.8 Å². The van der Waals surface area contributed by atoms with E-state index in [9.17, 15) is 4.79 Å². The van der Waals surface area contributed by atoms with Crippen molar-refractivity contribution < 1.29 is 4.79 Å². The van der Waals surface area contributed by atoms with Gasteiger partial charge in [0.15, 0.2) is 5.82 Å². The lowest BCUT2D eigenvalue weighted by Crippen LogP contribution is -2.38. The van der Waals surface area contributed by atoms with Crippen molar-refractivity contribution in [1.82, 2.24) is 20.1 Å². The summed E-state index contributed by atoms with van der Waals surface area (Å²) in [6, 6.07) is 8.30. The summed E-state index contributed by atoms with van der Waals surface area (Å²) in [4.78, 5) is 19.5. The second kappa shape index (κ2) is 6.92. The van der Waals surface area contributed by atoms with Gasteiger partial charge in [-0.25, -0.2) is 4.98 Å². The van der Waals surface area contributed by atoms with Crippen molar-refractivity contribution in [3.63, 3.8) is 0 Å². The maximum atomic E-state index is 12.9. The average Bonchev–Trinajstić information content (AvgIpc) is 3.14. The molecular weight excluding hydrogens is 424 g/mol. The van der Waals surface area contributed by atoms with Gasteiger partial charge in [-0.1, -0.05) is 60.6 Å². The standard InChI is InChI=1S/C20H25BrN4OS/c1-19(2)8-15-9-20(3,11-19)12-25(15)16(26)10-27-18-22-17(23-24-18)13-4-6-14(21)7-5-13/h4-7,15H,8-12H2,1-3H3,(H,22,23,24)/t15-,20+/m0/s1. The molecule has 4 rings (SSSR count). The predicted octanol–water partition coefficient (Wildman–Crippen LogP) is 4.75. The third-order valence-electron chi connectivity index (χ3n) is 5.64. The van der Waals surface area contributed by atoms with E-state index in [1.54, 1.807) is 0 Å². The number of nitrogens with zero attached hydrogens (tertiary/aromatic N) is 3. The van der Waals surface area contributed by atoms with Gasteiger partial charge in [0.1, 0.15) is 0 Å². The summed E-state index contributed by atoms with van der Waals surface area (Å²) >= 11 is 4.85. The van der Waals surface area contributed by atoms with E-state index >= 15 is 0 Å². The summed E-state index contributed by atoms with van der Waals surface area (Å²) < 4.78 is 1.03. The number of aromatic nitrogens is 3. The van der Waals surface area contributed by atoms with Crippen LogP contribution in [0.3, 0.4) is 0 Å². The number of halogens is 1. The van der Waals surface area contributed by atoms with Gasteiger partial charge in [0.2, 0.25) is 11.1 Å². The van der Waals surface area contributed by atoms with E-state index in [0.29, 0.717) is 22.4 Å². The SMILES string of the molecule is CC1(C)C[C@H]2C[C@@](C)(CN2C(=O)CSc2n[nH]c(-c3ccc(Br)cc3)n2)C1. The summed E-state index contributed by atoms with van der Waals surface area (Å²) in [6.45, 7) is 7.88. The molecule has 7 heteroatoms. The first kappa shape index (κ1) is 19.0. The molecule has 1 aliphatic carbocycles. The molecule has 144 valence electrons. The lowest BCUT2D eigenvalue weighted by atomic mass is 9.65. The second-order valence-corrected chi connectivity index (χ2v) is 10.9. The number of amides is 1. The summed E-state index contributed by atoms with van der Waals surface area (Å²) in [6.07, 6.45) is 3.44. The number of carbonyl (C=O) groups excluding carboxylic acids is 1. The predicted molar refractivity (Wildman–Crippen MR) is 111 cm³/mol. The van der Waals surface area contributed by atoms with Crippen molar-refractivity contribution in [2.75, 3.05) is 12.3 Å². The van der Waals surface area contributed by atoms with Crippen molar-refractivity contribution in [3.8, 4) is 11.4 Å². The molecule has 2 aliphatic rings. The van der Waals surface area contributed by atoms with Gasteiger partial charge in [0.05, 0.1) is 5.75 Å². The highest BCUT2D eigenvalue weighted by Gasteiger charge is 2.50. The molecule has 2 aromatic rings. The fourth-order valence-electron chi connectivity index (χ4n) is 5.01. The number of fused-ring (bicyclic) bond motifs is 2. The van der Waals surface area contributed by atoms with Crippen molar-refractivity contribution in [3.05, 3.63) is 28.7 Å². The van der Waals surface area contributed by atoms with Crippen LogP contribution in [0.15, 0.2) is 33.9 Å². The molecule has 2 bridgehead atoms. The van der Waals surface area contributed by atoms with Gasteiger partial charge in [-0.15, -0.1) is 5.10 Å². The number of aromatic amines is 1. The van der Waals surface area contributed by atoms with Crippen LogP contribution in [0.1, 0.15) is 40.0 Å². The Morgan fingerprint density at radius 3 is 2.78 bits per heavy atom. The van der Waals surface area contributed by atoms with E-state index in [4.69, 9.17) is 0 Å². The fraction of sp³-hybridized carbons (Fsp3) is 0.550. The Balaban J connectivity index is 1.38. The van der Waals surface area contributed by atoms with Crippen LogP contribution < -0.4 is 0 Å². The first-order valence-corrected chi connectivity index (χ1v) is 11.1. The molecule has 1 aliphatic heterocycles. The van der Waals surface area contributed by atoms with Crippen LogP contribution in [0.2, 0.25) is 0 Å². The third-order valence-corrected chi connectivity index (χ3v) is 7.00. The maximum Gasteiger partial charge on any atom is 0.233 e. The Morgan fingerprint density at radius 1 is 1.30 bits per heavy atom. The van der Waals surface area contributed by atoms with Gasteiger partial charge in [0, 0.05) is 22.6 Å². The van der Waals surface area contributed by atoms with Gasteiger partial charge in [-0.2, -0.15) is 0 Å². The molecule has 1 N–H and O–H groups in total. The first-order chi connectivity index (χ1) is 12.7. The molecule has 1 aromatic carbocycles. The van der Waals surface area contributed by atoms with Crippen molar-refractivity contribution >= 4 is 33.6 Å². The molecule has 2 heterocycles. The van der Waals surface area contributed by atoms with Gasteiger partial charge >= 0.3 is 0 Å². The summed E-state index contributed by atoms with van der Waals surface area (Å²) in [5.41, 5.74) is 1.57. The van der Waals surface area contributed by atoms with Crippen LogP contribution in [0, 0.1) is 10.8 Å². The summed E-state index contributed by atoms with van der Waals surface area (Å²) in [5, 5.41) is 7.85. The fourth-order valence-corrected chi connectivity index (χ4v) is 5.96. The van der Waals surface area contributed by atoms with Gasteiger partial charge in [-0.3, -0.25) is 9.89 Å². The van der Waals surface area contributed by atoms with E-state index in [1.165, 1.54) is 18.2 Å². The lowest BCUT2D eigenvalue weighted by Gasteiger charge is -2.39. The highest BCUT2D eigenvalue weighted by molar-refractivity contribution is 9.10. The molecule has 1 amide bonds. The zero-order valence-corrected chi connectivity index (χ0v) is 18.4. The zero-order chi connectivity index (χ0) is 19.2. The number of carbonyl (C=O) groups is 1. The molecule has 0 radical (unpaired) electrons. The molecule has 0 spiro atoms. The quantitative estimate of drug-likeness (QED) is 0.685. The van der Waals surface area contributed by atoms with Gasteiger partial charge in [0.25, 0.3) is 0 Å². The Bertz CT molecular complexity index is 850. The number of hydrogen-bond acceptors (Lipinski definition) is 4. The Morgan fingerprint density at radius 2 is 2.04 bits per heavy atom. The second-order valence-electron chi connectivity index (χ2n) is 9.00. The Kier molecular flexibility index (Phi) is 4.87. The molecule has 27 heavy (non-hydrogen) atoms. The molecule has 2 fully saturated rings. The van der Waals surface area contributed by atoms with Crippen LogP contribution >= 0.6 is 27.7 Å². The molecule has 5 nitrogen and oxygen atoms in total. The highest BCUT2D eigenvalue weighted by Crippen LogP contribution is 2.52. The smallest absolute Gasteiger partial charge is 0.233 e. The highest BCUT2D eigenvalue weighted by atomic mass is 79.9. The molecule has 1 saturated heterocycles. The number of hydrogen-bond donors (Lipinski definition) is 1. The van der Waals surface area contributed by atoms with Crippen LogP contribution in [-0.4, -0.2) is 44.3 Å². The molecule has 0 unspecified atom stereocenters. The Hall–Kier alpha value is -1.34. The van der Waals surface area contributed by atoms with E-state index in [0.717, 1.165) is 35.2 Å². The van der Waals surface area contributed by atoms with Crippen LogP contribution in [-0.2, 0) is 4.79 Å². The van der Waals surface area contributed by atoms with Crippen LogP contribution in [0.5, 0.6) is 0 Å². The van der Waals surface area contributed by atoms with Crippen molar-refractivity contribution in [2.24, 2.45) is 10.8 Å². The molecular formula is C20H25BrN4OS. The van der Waals surface area contributed by atoms with Gasteiger partial charge < -0.3 is 4.90 Å². The monoisotopic (exact) mass is 448 g/mol. The van der Waals surface area contributed by atoms with Gasteiger partial charge in [-0.05, 0) is 42.2 Å². The third kappa shape index (κ3) is 4.09. The van der Waals surface area contributed by atoms with E-state index in [-0.39, 0.29) is 11.3 Å². The number of H-pyrrole nitrogens is 1. The molecule has 1 saturated carbocycles. The lowest BCUT2D eigenvalue weighted by molar-refractivity contribution is -0.129. The minimum atomic E-state index is 0.210. The van der Waals surface area contributed by atoms with Crippen molar-refractivity contribution in [2.45, 2.75) is 51.2 Å². The number of nitrogens with one attached hydrogen (secondary N) is 1. The number of likely N-dealkylation sites (tertiary alicyclic amines) is 1. The van der Waals surface area contributed by atoms with Crippen LogP contribution in [0.25, 0.3) is 11.4 Å².